The van der Waals surface area contributed by atoms with Crippen molar-refractivity contribution in [1.82, 2.24) is 4.90 Å². The SMILES string of the molecule is CC(=O)CN(CC(C)=O)C(=O)CCC(=O)O. The smallest absolute Gasteiger partial charge is 0.303 e. The Morgan fingerprint density at radius 2 is 1.38 bits per heavy atom. The van der Waals surface area contributed by atoms with E-state index in [-0.39, 0.29) is 37.5 Å². The molecule has 0 saturated heterocycles. The first-order valence-corrected chi connectivity index (χ1v) is 4.81. The second-order valence-corrected chi connectivity index (χ2v) is 3.55. The van der Waals surface area contributed by atoms with Crippen molar-refractivity contribution >= 4 is 23.4 Å². The van der Waals surface area contributed by atoms with E-state index in [2.05, 4.69) is 0 Å². The Morgan fingerprint density at radius 1 is 0.938 bits per heavy atom. The molecule has 0 aromatic carbocycles. The summed E-state index contributed by atoms with van der Waals surface area (Å²) in [6.45, 7) is 2.30. The Kier molecular flexibility index (Phi) is 5.99. The highest BCUT2D eigenvalue weighted by Crippen LogP contribution is 1.99. The van der Waals surface area contributed by atoms with Gasteiger partial charge in [-0.3, -0.25) is 19.2 Å². The van der Waals surface area contributed by atoms with Crippen molar-refractivity contribution in [1.29, 1.82) is 0 Å². The first-order chi connectivity index (χ1) is 7.32. The molecule has 1 N–H and O–H groups in total. The minimum atomic E-state index is -1.08. The number of carbonyl (C=O) groups excluding carboxylic acids is 3. The zero-order valence-corrected chi connectivity index (χ0v) is 9.36. The molecule has 0 unspecified atom stereocenters. The number of hydrogen-bond acceptors (Lipinski definition) is 4. The highest BCUT2D eigenvalue weighted by Gasteiger charge is 2.17. The summed E-state index contributed by atoms with van der Waals surface area (Å²) in [6, 6.07) is 0. The van der Waals surface area contributed by atoms with Crippen LogP contribution in [0.3, 0.4) is 0 Å². The molecule has 0 radical (unpaired) electrons. The minimum Gasteiger partial charge on any atom is -0.481 e. The molecule has 6 nitrogen and oxygen atoms in total. The second kappa shape index (κ2) is 6.71. The van der Waals surface area contributed by atoms with E-state index in [1.54, 1.807) is 0 Å². The van der Waals surface area contributed by atoms with Gasteiger partial charge in [0.2, 0.25) is 5.91 Å². The van der Waals surface area contributed by atoms with Gasteiger partial charge in [-0.2, -0.15) is 0 Å². The first-order valence-electron chi connectivity index (χ1n) is 4.81. The third kappa shape index (κ3) is 6.69. The van der Waals surface area contributed by atoms with E-state index in [1.165, 1.54) is 13.8 Å². The summed E-state index contributed by atoms with van der Waals surface area (Å²) >= 11 is 0. The zero-order valence-electron chi connectivity index (χ0n) is 9.36. The van der Waals surface area contributed by atoms with Crippen LogP contribution in [0.5, 0.6) is 0 Å². The van der Waals surface area contributed by atoms with Crippen molar-refractivity contribution in [3.05, 3.63) is 0 Å². The summed E-state index contributed by atoms with van der Waals surface area (Å²) in [4.78, 5) is 44.5. The molecule has 0 aromatic rings. The number of nitrogens with zero attached hydrogens (tertiary/aromatic N) is 1. The molecule has 0 aliphatic rings. The fourth-order valence-electron chi connectivity index (χ4n) is 1.14. The van der Waals surface area contributed by atoms with Gasteiger partial charge >= 0.3 is 5.97 Å². The Hall–Kier alpha value is -1.72. The lowest BCUT2D eigenvalue weighted by atomic mass is 10.2. The highest BCUT2D eigenvalue weighted by molar-refractivity contribution is 5.89. The number of rotatable bonds is 7. The molecule has 0 aromatic heterocycles. The van der Waals surface area contributed by atoms with Gasteiger partial charge in [0.05, 0.1) is 19.5 Å². The zero-order chi connectivity index (χ0) is 12.7. The molecular weight excluding hydrogens is 214 g/mol. The fourth-order valence-corrected chi connectivity index (χ4v) is 1.14. The van der Waals surface area contributed by atoms with Gasteiger partial charge < -0.3 is 10.0 Å². The number of carboxylic acid groups (broad SMARTS) is 1. The number of Topliss-reactive ketones (excluding diaryl/α,β-unsaturated/α-hetero) is 2. The van der Waals surface area contributed by atoms with E-state index < -0.39 is 11.9 Å². The molecule has 6 heteroatoms. The lowest BCUT2D eigenvalue weighted by Gasteiger charge is -2.19. The third-order valence-electron chi connectivity index (χ3n) is 1.73. The van der Waals surface area contributed by atoms with E-state index in [0.29, 0.717) is 0 Å². The number of carboxylic acids is 1. The van der Waals surface area contributed by atoms with Crippen molar-refractivity contribution in [2.24, 2.45) is 0 Å². The summed E-state index contributed by atoms with van der Waals surface area (Å²) in [5, 5.41) is 8.40. The molecule has 0 rings (SSSR count). The monoisotopic (exact) mass is 229 g/mol. The van der Waals surface area contributed by atoms with Crippen LogP contribution in [0.2, 0.25) is 0 Å². The van der Waals surface area contributed by atoms with Crippen molar-refractivity contribution in [2.45, 2.75) is 26.7 Å². The molecule has 0 aliphatic heterocycles. The van der Waals surface area contributed by atoms with Crippen LogP contribution in [0.4, 0.5) is 0 Å². The number of carbonyl (C=O) groups is 4. The van der Waals surface area contributed by atoms with Crippen LogP contribution in [-0.2, 0) is 19.2 Å². The molecule has 0 saturated carbocycles. The summed E-state index contributed by atoms with van der Waals surface area (Å²) < 4.78 is 0. The molecule has 0 bridgehead atoms. The Bertz CT molecular complexity index is 294. The Labute approximate surface area is 93.2 Å². The van der Waals surface area contributed by atoms with Gasteiger partial charge in [-0.25, -0.2) is 0 Å². The summed E-state index contributed by atoms with van der Waals surface area (Å²) in [5.41, 5.74) is 0. The molecule has 0 spiro atoms. The molecule has 0 fully saturated rings. The third-order valence-corrected chi connectivity index (χ3v) is 1.73. The average molecular weight is 229 g/mol. The normalized spacial score (nSPS) is 9.62. The maximum atomic E-state index is 11.5. The van der Waals surface area contributed by atoms with E-state index in [0.717, 1.165) is 4.90 Å². The standard InChI is InChI=1S/C10H15NO5/c1-7(12)5-11(6-8(2)13)9(14)3-4-10(15)16/h3-6H2,1-2H3,(H,15,16). The van der Waals surface area contributed by atoms with Gasteiger partial charge in [0.15, 0.2) is 0 Å². The minimum absolute atomic E-state index is 0.155. The van der Waals surface area contributed by atoms with Crippen molar-refractivity contribution < 1.29 is 24.3 Å². The Morgan fingerprint density at radius 3 is 1.69 bits per heavy atom. The number of hydrogen-bond donors (Lipinski definition) is 1. The van der Waals surface area contributed by atoms with Gasteiger partial charge in [0.25, 0.3) is 0 Å². The second-order valence-electron chi connectivity index (χ2n) is 3.55. The number of aliphatic carboxylic acids is 1. The van der Waals surface area contributed by atoms with Gasteiger partial charge in [-0.05, 0) is 13.8 Å². The van der Waals surface area contributed by atoms with Crippen LogP contribution < -0.4 is 0 Å². The molecule has 90 valence electrons. The van der Waals surface area contributed by atoms with E-state index in [9.17, 15) is 19.2 Å². The molecule has 16 heavy (non-hydrogen) atoms. The van der Waals surface area contributed by atoms with Crippen LogP contribution in [0.15, 0.2) is 0 Å². The topological polar surface area (TPSA) is 91.8 Å². The lowest BCUT2D eigenvalue weighted by Crippen LogP contribution is -2.38. The van der Waals surface area contributed by atoms with Gasteiger partial charge in [-0.15, -0.1) is 0 Å². The van der Waals surface area contributed by atoms with Crippen LogP contribution in [-0.4, -0.2) is 46.5 Å². The molecule has 0 aliphatic carbocycles. The van der Waals surface area contributed by atoms with Crippen LogP contribution in [0.25, 0.3) is 0 Å². The van der Waals surface area contributed by atoms with E-state index in [1.807, 2.05) is 0 Å². The fraction of sp³-hybridized carbons (Fsp3) is 0.600. The summed E-state index contributed by atoms with van der Waals surface area (Å²) in [5.74, 6) is -2.07. The summed E-state index contributed by atoms with van der Waals surface area (Å²) in [7, 11) is 0. The average Bonchev–Trinajstić information content (AvgIpc) is 2.11. The van der Waals surface area contributed by atoms with E-state index in [4.69, 9.17) is 5.11 Å². The maximum absolute atomic E-state index is 11.5. The van der Waals surface area contributed by atoms with Crippen LogP contribution in [0.1, 0.15) is 26.7 Å². The predicted octanol–water partition coefficient (Wildman–Crippen LogP) is -0.142. The van der Waals surface area contributed by atoms with Crippen molar-refractivity contribution in [3.63, 3.8) is 0 Å². The number of ketones is 2. The maximum Gasteiger partial charge on any atom is 0.303 e. The highest BCUT2D eigenvalue weighted by atomic mass is 16.4. The van der Waals surface area contributed by atoms with E-state index >= 15 is 0 Å². The predicted molar refractivity (Wildman–Crippen MR) is 54.8 cm³/mol. The van der Waals surface area contributed by atoms with Crippen LogP contribution in [0, 0.1) is 0 Å². The van der Waals surface area contributed by atoms with Crippen molar-refractivity contribution in [3.8, 4) is 0 Å². The first kappa shape index (κ1) is 14.3. The van der Waals surface area contributed by atoms with Crippen LogP contribution >= 0.6 is 0 Å². The van der Waals surface area contributed by atoms with Gasteiger partial charge in [0, 0.05) is 6.42 Å². The quantitative estimate of drug-likeness (QED) is 0.655. The molecule has 0 heterocycles. The van der Waals surface area contributed by atoms with Crippen molar-refractivity contribution in [2.75, 3.05) is 13.1 Å². The van der Waals surface area contributed by atoms with Gasteiger partial charge in [0.1, 0.15) is 11.6 Å². The summed E-state index contributed by atoms with van der Waals surface area (Å²) in [6.07, 6.45) is -0.499. The largest absolute Gasteiger partial charge is 0.481 e. The Balaban J connectivity index is 4.36. The molecule has 0 atom stereocenters. The van der Waals surface area contributed by atoms with Gasteiger partial charge in [-0.1, -0.05) is 0 Å². The molecular formula is C10H15NO5. The lowest BCUT2D eigenvalue weighted by molar-refractivity contribution is -0.142. The number of amides is 1. The molecule has 1 amide bonds.